The van der Waals surface area contributed by atoms with Gasteiger partial charge >= 0.3 is 11.9 Å². The third-order valence-corrected chi connectivity index (χ3v) is 6.35. The van der Waals surface area contributed by atoms with Crippen LogP contribution < -0.4 is 0 Å². The minimum Gasteiger partial charge on any atom is -0.462 e. The molecule has 0 bridgehead atoms. The van der Waals surface area contributed by atoms with Crippen LogP contribution >= 0.6 is 0 Å². The molecule has 200 valence electrons. The van der Waals surface area contributed by atoms with E-state index in [1.165, 1.54) is 70.6 Å². The third kappa shape index (κ3) is 18.1. The summed E-state index contributed by atoms with van der Waals surface area (Å²) in [5.74, 6) is -0.612. The average Bonchev–Trinajstić information content (AvgIpc) is 2.83. The summed E-state index contributed by atoms with van der Waals surface area (Å²) >= 11 is 0. The van der Waals surface area contributed by atoms with Crippen molar-refractivity contribution < 1.29 is 19.1 Å². The number of hydrogen-bond donors (Lipinski definition) is 0. The van der Waals surface area contributed by atoms with Gasteiger partial charge in [0.05, 0.1) is 13.2 Å². The van der Waals surface area contributed by atoms with E-state index in [-0.39, 0.29) is 11.9 Å². The van der Waals surface area contributed by atoms with Crippen molar-refractivity contribution in [2.24, 2.45) is 0 Å². The second-order valence-electron chi connectivity index (χ2n) is 9.68. The first-order valence-corrected chi connectivity index (χ1v) is 14.7. The lowest BCUT2D eigenvalue weighted by atomic mass is 9.97. The summed E-state index contributed by atoms with van der Waals surface area (Å²) in [5.41, 5.74) is 1.12. The molecule has 0 amide bonds. The smallest absolute Gasteiger partial charge is 0.334 e. The SMILES string of the molecule is CCCCCCCCOC(=O)C(CCC)=C(CCCCCCC)C(=O)OCCCCCCCC. The van der Waals surface area contributed by atoms with Gasteiger partial charge in [-0.05, 0) is 32.1 Å². The minimum atomic E-state index is -0.310. The normalized spacial score (nSPS) is 11.9. The van der Waals surface area contributed by atoms with Gasteiger partial charge in [-0.2, -0.15) is 0 Å². The van der Waals surface area contributed by atoms with Gasteiger partial charge in [0.1, 0.15) is 0 Å². The van der Waals surface area contributed by atoms with Gasteiger partial charge in [-0.3, -0.25) is 0 Å². The standard InChI is InChI=1S/C30H56O4/c1-5-9-12-15-18-21-25-33-29(31)27(23-8-4)28(24-20-17-14-11-7-3)30(32)34-26-22-19-16-13-10-6-2/h5-26H2,1-4H3. The van der Waals surface area contributed by atoms with Gasteiger partial charge in [0.15, 0.2) is 0 Å². The number of rotatable bonds is 24. The van der Waals surface area contributed by atoms with Gasteiger partial charge in [-0.1, -0.05) is 124 Å². The first kappa shape index (κ1) is 32.7. The molecule has 4 heteroatoms. The van der Waals surface area contributed by atoms with Crippen LogP contribution in [0.3, 0.4) is 0 Å². The number of carbonyl (C=O) groups is 2. The highest BCUT2D eigenvalue weighted by Gasteiger charge is 2.22. The molecule has 0 aromatic heterocycles. The summed E-state index contributed by atoms with van der Waals surface area (Å²) < 4.78 is 11.3. The Morgan fingerprint density at radius 1 is 0.412 bits per heavy atom. The largest absolute Gasteiger partial charge is 0.462 e. The molecule has 0 atom stereocenters. The van der Waals surface area contributed by atoms with Crippen LogP contribution in [-0.4, -0.2) is 25.2 Å². The maximum atomic E-state index is 13.0. The zero-order valence-corrected chi connectivity index (χ0v) is 23.2. The molecule has 0 saturated carbocycles. The van der Waals surface area contributed by atoms with E-state index in [4.69, 9.17) is 9.47 Å². The Morgan fingerprint density at radius 3 is 1.18 bits per heavy atom. The second-order valence-corrected chi connectivity index (χ2v) is 9.68. The maximum Gasteiger partial charge on any atom is 0.334 e. The highest BCUT2D eigenvalue weighted by molar-refractivity contribution is 6.00. The van der Waals surface area contributed by atoms with Crippen LogP contribution in [0.15, 0.2) is 11.1 Å². The Hall–Kier alpha value is -1.32. The molecule has 0 radical (unpaired) electrons. The molecule has 0 aromatic carbocycles. The van der Waals surface area contributed by atoms with Crippen molar-refractivity contribution in [1.29, 1.82) is 0 Å². The zero-order chi connectivity index (χ0) is 25.3. The van der Waals surface area contributed by atoms with Crippen LogP contribution in [0.4, 0.5) is 0 Å². The number of esters is 2. The van der Waals surface area contributed by atoms with Crippen molar-refractivity contribution in [2.75, 3.05) is 13.2 Å². The summed E-state index contributed by atoms with van der Waals surface area (Å²) in [4.78, 5) is 25.9. The van der Waals surface area contributed by atoms with E-state index in [0.717, 1.165) is 44.9 Å². The Balaban J connectivity index is 4.93. The predicted molar refractivity (Wildman–Crippen MR) is 144 cm³/mol. The Bertz CT molecular complexity index is 524. The monoisotopic (exact) mass is 480 g/mol. The summed E-state index contributed by atoms with van der Waals surface area (Å²) in [6.07, 6.45) is 21.4. The quantitative estimate of drug-likeness (QED) is 0.0784. The maximum absolute atomic E-state index is 13.0. The summed E-state index contributed by atoms with van der Waals surface area (Å²) in [6, 6.07) is 0. The molecule has 0 spiro atoms. The van der Waals surface area contributed by atoms with Crippen LogP contribution in [0, 0.1) is 0 Å². The van der Waals surface area contributed by atoms with Crippen molar-refractivity contribution in [1.82, 2.24) is 0 Å². The lowest BCUT2D eigenvalue weighted by Crippen LogP contribution is -2.18. The Kier molecular flexibility index (Phi) is 23.8. The van der Waals surface area contributed by atoms with E-state index < -0.39 is 0 Å². The molecule has 4 nitrogen and oxygen atoms in total. The summed E-state index contributed by atoms with van der Waals surface area (Å²) in [7, 11) is 0. The topological polar surface area (TPSA) is 52.6 Å². The minimum absolute atomic E-state index is 0.302. The lowest BCUT2D eigenvalue weighted by molar-refractivity contribution is -0.142. The Morgan fingerprint density at radius 2 is 0.765 bits per heavy atom. The van der Waals surface area contributed by atoms with Gasteiger partial charge in [-0.15, -0.1) is 0 Å². The van der Waals surface area contributed by atoms with E-state index in [1.807, 2.05) is 6.92 Å². The average molecular weight is 481 g/mol. The number of unbranched alkanes of at least 4 members (excludes halogenated alkanes) is 14. The molecule has 0 aliphatic rings. The van der Waals surface area contributed by atoms with E-state index in [9.17, 15) is 9.59 Å². The van der Waals surface area contributed by atoms with Crippen LogP contribution in [-0.2, 0) is 19.1 Å². The van der Waals surface area contributed by atoms with Gasteiger partial charge in [0.25, 0.3) is 0 Å². The molecule has 0 saturated heterocycles. The van der Waals surface area contributed by atoms with E-state index >= 15 is 0 Å². The fraction of sp³-hybridized carbons (Fsp3) is 0.867. The van der Waals surface area contributed by atoms with E-state index in [2.05, 4.69) is 20.8 Å². The van der Waals surface area contributed by atoms with Crippen molar-refractivity contribution in [3.05, 3.63) is 11.1 Å². The summed E-state index contributed by atoms with van der Waals surface area (Å²) in [5, 5.41) is 0. The molecule has 34 heavy (non-hydrogen) atoms. The number of ether oxygens (including phenoxy) is 2. The molecular formula is C30H56O4. The molecule has 0 aromatic rings. The highest BCUT2D eigenvalue weighted by atomic mass is 16.5. The van der Waals surface area contributed by atoms with E-state index in [0.29, 0.717) is 37.2 Å². The fourth-order valence-corrected chi connectivity index (χ4v) is 4.18. The second kappa shape index (κ2) is 24.8. The van der Waals surface area contributed by atoms with Gasteiger partial charge < -0.3 is 9.47 Å². The fourth-order valence-electron chi connectivity index (χ4n) is 4.18. The van der Waals surface area contributed by atoms with Crippen molar-refractivity contribution >= 4 is 11.9 Å². The number of carbonyl (C=O) groups excluding carboxylic acids is 2. The Labute approximate surface area is 211 Å². The third-order valence-electron chi connectivity index (χ3n) is 6.35. The summed E-state index contributed by atoms with van der Waals surface area (Å²) in [6.45, 7) is 9.55. The zero-order valence-electron chi connectivity index (χ0n) is 23.2. The van der Waals surface area contributed by atoms with Gasteiger partial charge in [0.2, 0.25) is 0 Å². The molecular weight excluding hydrogens is 424 g/mol. The van der Waals surface area contributed by atoms with E-state index in [1.54, 1.807) is 0 Å². The molecule has 0 aliphatic carbocycles. The van der Waals surface area contributed by atoms with Gasteiger partial charge in [-0.25, -0.2) is 9.59 Å². The molecule has 0 unspecified atom stereocenters. The molecule has 0 rings (SSSR count). The van der Waals surface area contributed by atoms with Crippen LogP contribution in [0.2, 0.25) is 0 Å². The first-order chi connectivity index (χ1) is 16.6. The molecule has 0 fully saturated rings. The van der Waals surface area contributed by atoms with Crippen molar-refractivity contribution in [2.45, 2.75) is 156 Å². The molecule has 0 aliphatic heterocycles. The molecule has 0 heterocycles. The van der Waals surface area contributed by atoms with Crippen LogP contribution in [0.5, 0.6) is 0 Å². The molecule has 0 N–H and O–H groups in total. The number of hydrogen-bond acceptors (Lipinski definition) is 4. The predicted octanol–water partition coefficient (Wildman–Crippen LogP) is 9.25. The highest BCUT2D eigenvalue weighted by Crippen LogP contribution is 2.22. The first-order valence-electron chi connectivity index (χ1n) is 14.7. The lowest BCUT2D eigenvalue weighted by Gasteiger charge is -2.15. The van der Waals surface area contributed by atoms with Crippen LogP contribution in [0.25, 0.3) is 0 Å². The van der Waals surface area contributed by atoms with Crippen LogP contribution in [0.1, 0.15) is 156 Å². The van der Waals surface area contributed by atoms with Crippen molar-refractivity contribution in [3.63, 3.8) is 0 Å². The van der Waals surface area contributed by atoms with Gasteiger partial charge in [0, 0.05) is 11.1 Å². The van der Waals surface area contributed by atoms with Crippen molar-refractivity contribution in [3.8, 4) is 0 Å².